The number of alkyl halides is 3. The molecule has 0 aliphatic carbocycles. The minimum absolute atomic E-state index is 0.509. The van der Waals surface area contributed by atoms with Gasteiger partial charge in [-0.25, -0.2) is 8.42 Å². The van der Waals surface area contributed by atoms with Gasteiger partial charge in [0.25, 0.3) is 11.5 Å². The highest BCUT2D eigenvalue weighted by atomic mass is 80.0. The Morgan fingerprint density at radius 2 is 1.57 bits per heavy atom. The SMILES string of the molecule is O=S(=O)(Nc1ccccc1)C(Br)(Br)Br. The van der Waals surface area contributed by atoms with Gasteiger partial charge in [0.15, 0.2) is 0 Å². The Morgan fingerprint density at radius 3 is 2.00 bits per heavy atom. The predicted octanol–water partition coefficient (Wildman–Crippen LogP) is 3.22. The van der Waals surface area contributed by atoms with Gasteiger partial charge in [-0.1, -0.05) is 18.2 Å². The topological polar surface area (TPSA) is 46.2 Å². The van der Waals surface area contributed by atoms with E-state index in [-0.39, 0.29) is 0 Å². The number of benzene rings is 1. The second-order valence-electron chi connectivity index (χ2n) is 2.42. The van der Waals surface area contributed by atoms with Crippen molar-refractivity contribution < 1.29 is 8.42 Å². The zero-order valence-electron chi connectivity index (χ0n) is 6.75. The van der Waals surface area contributed by atoms with E-state index in [1.54, 1.807) is 30.3 Å². The van der Waals surface area contributed by atoms with Crippen LogP contribution in [0.3, 0.4) is 0 Å². The number of anilines is 1. The van der Waals surface area contributed by atoms with Crippen molar-refractivity contribution in [3.8, 4) is 0 Å². The molecular weight excluding hydrogens is 402 g/mol. The van der Waals surface area contributed by atoms with Crippen LogP contribution in [0.15, 0.2) is 30.3 Å². The maximum absolute atomic E-state index is 11.6. The van der Waals surface area contributed by atoms with Gasteiger partial charge in [0, 0.05) is 5.69 Å². The fraction of sp³-hybridized carbons (Fsp3) is 0.143. The maximum Gasteiger partial charge on any atom is 0.269 e. The Kier molecular flexibility index (Phi) is 4.02. The van der Waals surface area contributed by atoms with Crippen molar-refractivity contribution in [3.63, 3.8) is 0 Å². The van der Waals surface area contributed by atoms with Crippen LogP contribution in [0.1, 0.15) is 0 Å². The van der Waals surface area contributed by atoms with Crippen LogP contribution in [0.2, 0.25) is 0 Å². The second-order valence-corrected chi connectivity index (χ2v) is 12.6. The molecule has 1 rings (SSSR count). The molecule has 0 spiro atoms. The highest BCUT2D eigenvalue weighted by molar-refractivity contribution is 9.42. The lowest BCUT2D eigenvalue weighted by Gasteiger charge is -2.14. The number of sulfonamides is 1. The van der Waals surface area contributed by atoms with Crippen molar-refractivity contribution in [1.29, 1.82) is 0 Å². The molecule has 0 saturated carbocycles. The first-order valence-corrected chi connectivity index (χ1v) is 7.33. The van der Waals surface area contributed by atoms with Crippen LogP contribution in [0, 0.1) is 0 Å². The summed E-state index contributed by atoms with van der Waals surface area (Å²) in [4.78, 5) is 0. The van der Waals surface area contributed by atoms with E-state index < -0.39 is 11.5 Å². The summed E-state index contributed by atoms with van der Waals surface area (Å²) in [6, 6.07) is 8.63. The Labute approximate surface area is 108 Å². The van der Waals surface area contributed by atoms with E-state index in [0.29, 0.717) is 5.69 Å². The Hall–Kier alpha value is 0.410. The third kappa shape index (κ3) is 3.22. The van der Waals surface area contributed by atoms with Crippen LogP contribution in [0.5, 0.6) is 0 Å². The Bertz CT molecular complexity index is 399. The molecule has 3 nitrogen and oxygen atoms in total. The van der Waals surface area contributed by atoms with E-state index in [4.69, 9.17) is 0 Å². The van der Waals surface area contributed by atoms with Crippen LogP contribution >= 0.6 is 47.8 Å². The lowest BCUT2D eigenvalue weighted by atomic mass is 10.3. The third-order valence-corrected chi connectivity index (χ3v) is 6.28. The average Bonchev–Trinajstić information content (AvgIpc) is 2.03. The Morgan fingerprint density at radius 1 is 1.07 bits per heavy atom. The molecule has 0 aromatic heterocycles. The fourth-order valence-corrected chi connectivity index (χ4v) is 2.01. The first-order valence-electron chi connectivity index (χ1n) is 3.47. The van der Waals surface area contributed by atoms with Crippen molar-refractivity contribution in [2.24, 2.45) is 0 Å². The first kappa shape index (κ1) is 12.5. The number of hydrogen-bond donors (Lipinski definition) is 1. The van der Waals surface area contributed by atoms with Crippen LogP contribution in [0.4, 0.5) is 5.69 Å². The number of hydrogen-bond acceptors (Lipinski definition) is 2. The molecular formula is C7H6Br3NO2S. The number of rotatable bonds is 2. The monoisotopic (exact) mass is 405 g/mol. The molecule has 0 heterocycles. The van der Waals surface area contributed by atoms with Gasteiger partial charge in [-0.2, -0.15) is 0 Å². The minimum atomic E-state index is -3.55. The normalized spacial score (nSPS) is 12.5. The van der Waals surface area contributed by atoms with Crippen molar-refractivity contribution in [2.45, 2.75) is 1.47 Å². The van der Waals surface area contributed by atoms with Gasteiger partial charge in [0.05, 0.1) is 0 Å². The molecule has 1 aromatic carbocycles. The molecule has 0 aliphatic heterocycles. The smallest absolute Gasteiger partial charge is 0.269 e. The molecule has 0 saturated heterocycles. The molecule has 7 heteroatoms. The molecule has 0 amide bonds. The maximum atomic E-state index is 11.6. The number of nitrogens with one attached hydrogen (secondary N) is 1. The minimum Gasteiger partial charge on any atom is -0.281 e. The Balaban J connectivity index is 2.91. The molecule has 0 bridgehead atoms. The van der Waals surface area contributed by atoms with Gasteiger partial charge in [-0.15, -0.1) is 0 Å². The van der Waals surface area contributed by atoms with E-state index in [2.05, 4.69) is 52.5 Å². The van der Waals surface area contributed by atoms with E-state index in [0.717, 1.165) is 0 Å². The van der Waals surface area contributed by atoms with Gasteiger partial charge >= 0.3 is 0 Å². The molecule has 0 unspecified atom stereocenters. The largest absolute Gasteiger partial charge is 0.281 e. The number of halogens is 3. The summed E-state index contributed by atoms with van der Waals surface area (Å²) < 4.78 is 24.2. The lowest BCUT2D eigenvalue weighted by molar-refractivity contribution is 0.604. The summed E-state index contributed by atoms with van der Waals surface area (Å²) in [6.07, 6.45) is 0. The highest BCUT2D eigenvalue weighted by Gasteiger charge is 2.35. The van der Waals surface area contributed by atoms with Crippen LogP contribution in [-0.4, -0.2) is 9.89 Å². The molecule has 0 aliphatic rings. The van der Waals surface area contributed by atoms with E-state index >= 15 is 0 Å². The van der Waals surface area contributed by atoms with E-state index in [1.165, 1.54) is 0 Å². The summed E-state index contributed by atoms with van der Waals surface area (Å²) in [5.74, 6) is 0. The molecule has 1 N–H and O–H groups in total. The average molecular weight is 408 g/mol. The van der Waals surface area contributed by atoms with Gasteiger partial charge in [-0.05, 0) is 59.9 Å². The molecule has 78 valence electrons. The number of para-hydroxylation sites is 1. The highest BCUT2D eigenvalue weighted by Crippen LogP contribution is 2.39. The zero-order chi connectivity index (χ0) is 10.8. The van der Waals surface area contributed by atoms with Gasteiger partial charge in [0.2, 0.25) is 0 Å². The second kappa shape index (κ2) is 4.51. The van der Waals surface area contributed by atoms with Crippen LogP contribution in [-0.2, 0) is 10.0 Å². The first-order chi connectivity index (χ1) is 6.33. The summed E-state index contributed by atoms with van der Waals surface area (Å²) in [5.41, 5.74) is 0.509. The quantitative estimate of drug-likeness (QED) is 0.765. The van der Waals surface area contributed by atoms with E-state index in [9.17, 15) is 8.42 Å². The summed E-state index contributed by atoms with van der Waals surface area (Å²) in [6.45, 7) is 0. The molecule has 0 radical (unpaired) electrons. The van der Waals surface area contributed by atoms with Gasteiger partial charge in [-0.3, -0.25) is 4.72 Å². The van der Waals surface area contributed by atoms with Gasteiger partial charge < -0.3 is 0 Å². The van der Waals surface area contributed by atoms with Crippen molar-refractivity contribution >= 4 is 63.5 Å². The third-order valence-electron chi connectivity index (χ3n) is 1.33. The van der Waals surface area contributed by atoms with Crippen molar-refractivity contribution in [2.75, 3.05) is 4.72 Å². The van der Waals surface area contributed by atoms with Crippen LogP contribution in [0.25, 0.3) is 0 Å². The zero-order valence-corrected chi connectivity index (χ0v) is 12.3. The summed E-state index contributed by atoms with van der Waals surface area (Å²) in [7, 11) is -3.55. The van der Waals surface area contributed by atoms with Gasteiger partial charge in [0.1, 0.15) is 0 Å². The van der Waals surface area contributed by atoms with Crippen molar-refractivity contribution in [3.05, 3.63) is 30.3 Å². The van der Waals surface area contributed by atoms with Crippen molar-refractivity contribution in [1.82, 2.24) is 0 Å². The lowest BCUT2D eigenvalue weighted by Crippen LogP contribution is -2.25. The predicted molar refractivity (Wildman–Crippen MR) is 68.5 cm³/mol. The molecule has 14 heavy (non-hydrogen) atoms. The molecule has 0 atom stereocenters. The summed E-state index contributed by atoms with van der Waals surface area (Å²) >= 11 is 8.82. The van der Waals surface area contributed by atoms with Crippen LogP contribution < -0.4 is 4.72 Å². The molecule has 0 fully saturated rings. The standard InChI is InChI=1S/C7H6Br3NO2S/c8-7(9,10)14(12,13)11-6-4-2-1-3-5-6/h1-5,11H. The molecule has 1 aromatic rings. The van der Waals surface area contributed by atoms with E-state index in [1.807, 2.05) is 0 Å². The fourth-order valence-electron chi connectivity index (χ4n) is 0.719. The summed E-state index contributed by atoms with van der Waals surface area (Å²) in [5, 5.41) is 0.